The summed E-state index contributed by atoms with van der Waals surface area (Å²) in [5, 5.41) is 11.6. The van der Waals surface area contributed by atoms with Crippen molar-refractivity contribution in [2.24, 2.45) is 5.92 Å². The van der Waals surface area contributed by atoms with E-state index in [0.29, 0.717) is 17.0 Å². The Hall–Kier alpha value is -2.06. The zero-order chi connectivity index (χ0) is 15.8. The second-order valence-corrected chi connectivity index (χ2v) is 5.36. The number of amides is 1. The summed E-state index contributed by atoms with van der Waals surface area (Å²) in [7, 11) is 0. The van der Waals surface area contributed by atoms with Crippen LogP contribution in [0, 0.1) is 17.2 Å². The SMILES string of the molecule is CC(C)C[C@@H](NC(=O)c1ccc(Cl)cc1)C(=O)OCC#N. The minimum absolute atomic E-state index is 0.190. The molecule has 0 heterocycles. The third kappa shape index (κ3) is 5.84. The highest BCUT2D eigenvalue weighted by molar-refractivity contribution is 6.30. The van der Waals surface area contributed by atoms with Crippen LogP contribution in [0.25, 0.3) is 0 Å². The molecule has 0 radical (unpaired) electrons. The van der Waals surface area contributed by atoms with Crippen molar-refractivity contribution in [2.45, 2.75) is 26.3 Å². The summed E-state index contributed by atoms with van der Waals surface area (Å²) in [4.78, 5) is 23.9. The third-order valence-corrected chi connectivity index (χ3v) is 2.93. The molecule has 1 aromatic rings. The van der Waals surface area contributed by atoms with E-state index >= 15 is 0 Å². The van der Waals surface area contributed by atoms with Crippen LogP contribution in [0.15, 0.2) is 24.3 Å². The van der Waals surface area contributed by atoms with E-state index in [-0.39, 0.29) is 18.4 Å². The van der Waals surface area contributed by atoms with Gasteiger partial charge >= 0.3 is 5.97 Å². The van der Waals surface area contributed by atoms with Crippen LogP contribution in [0.1, 0.15) is 30.6 Å². The zero-order valence-corrected chi connectivity index (χ0v) is 12.7. The third-order valence-electron chi connectivity index (χ3n) is 2.68. The molecule has 1 atom stereocenters. The molecular formula is C15H17ClN2O3. The lowest BCUT2D eigenvalue weighted by atomic mass is 10.0. The summed E-state index contributed by atoms with van der Waals surface area (Å²) in [6, 6.07) is 7.30. The number of nitriles is 1. The molecule has 1 aromatic carbocycles. The molecule has 0 saturated carbocycles. The molecule has 1 N–H and O–H groups in total. The highest BCUT2D eigenvalue weighted by Crippen LogP contribution is 2.11. The molecule has 0 fully saturated rings. The fraction of sp³-hybridized carbons (Fsp3) is 0.400. The van der Waals surface area contributed by atoms with Gasteiger partial charge in [0.05, 0.1) is 0 Å². The second-order valence-electron chi connectivity index (χ2n) is 4.93. The van der Waals surface area contributed by atoms with Crippen molar-refractivity contribution in [3.8, 4) is 6.07 Å². The van der Waals surface area contributed by atoms with Crippen LogP contribution >= 0.6 is 11.6 Å². The minimum Gasteiger partial charge on any atom is -0.449 e. The van der Waals surface area contributed by atoms with Gasteiger partial charge in [0, 0.05) is 10.6 Å². The molecule has 0 aromatic heterocycles. The molecular weight excluding hydrogens is 292 g/mol. The van der Waals surface area contributed by atoms with Crippen LogP contribution < -0.4 is 5.32 Å². The van der Waals surface area contributed by atoms with E-state index in [9.17, 15) is 9.59 Å². The molecule has 0 spiro atoms. The number of rotatable bonds is 6. The molecule has 1 rings (SSSR count). The van der Waals surface area contributed by atoms with Gasteiger partial charge in [-0.3, -0.25) is 4.79 Å². The molecule has 112 valence electrons. The number of nitrogens with zero attached hydrogens (tertiary/aromatic N) is 1. The number of ether oxygens (including phenoxy) is 1. The molecule has 0 aliphatic rings. The van der Waals surface area contributed by atoms with Crippen molar-refractivity contribution in [2.75, 3.05) is 6.61 Å². The topological polar surface area (TPSA) is 79.2 Å². The van der Waals surface area contributed by atoms with Crippen LogP contribution in [0.2, 0.25) is 5.02 Å². The van der Waals surface area contributed by atoms with Gasteiger partial charge in [-0.2, -0.15) is 5.26 Å². The number of hydrogen-bond acceptors (Lipinski definition) is 4. The van der Waals surface area contributed by atoms with E-state index in [1.165, 1.54) is 0 Å². The largest absolute Gasteiger partial charge is 0.449 e. The first-order valence-corrected chi connectivity index (χ1v) is 6.92. The van der Waals surface area contributed by atoms with Crippen molar-refractivity contribution >= 4 is 23.5 Å². The lowest BCUT2D eigenvalue weighted by molar-refractivity contribution is -0.144. The van der Waals surface area contributed by atoms with E-state index in [4.69, 9.17) is 21.6 Å². The summed E-state index contributed by atoms with van der Waals surface area (Å²) in [5.74, 6) is -0.797. The Morgan fingerprint density at radius 3 is 2.48 bits per heavy atom. The van der Waals surface area contributed by atoms with E-state index < -0.39 is 12.0 Å². The Balaban J connectivity index is 2.75. The maximum atomic E-state index is 12.1. The van der Waals surface area contributed by atoms with Gasteiger partial charge in [0.15, 0.2) is 6.61 Å². The average Bonchev–Trinajstić information content (AvgIpc) is 2.44. The summed E-state index contributed by atoms with van der Waals surface area (Å²) in [6.45, 7) is 3.53. The molecule has 0 aliphatic heterocycles. The highest BCUT2D eigenvalue weighted by Gasteiger charge is 2.23. The van der Waals surface area contributed by atoms with E-state index in [1.807, 2.05) is 13.8 Å². The van der Waals surface area contributed by atoms with Gasteiger partial charge in [-0.05, 0) is 36.6 Å². The first-order chi connectivity index (χ1) is 9.93. The lowest BCUT2D eigenvalue weighted by Gasteiger charge is -2.18. The Labute approximate surface area is 128 Å². The Morgan fingerprint density at radius 1 is 1.33 bits per heavy atom. The fourth-order valence-corrected chi connectivity index (χ4v) is 1.86. The van der Waals surface area contributed by atoms with E-state index in [0.717, 1.165) is 0 Å². The van der Waals surface area contributed by atoms with Crippen molar-refractivity contribution in [3.63, 3.8) is 0 Å². The first kappa shape index (κ1) is 17.0. The number of halogens is 1. The Kier molecular flexibility index (Phi) is 6.70. The zero-order valence-electron chi connectivity index (χ0n) is 11.9. The summed E-state index contributed by atoms with van der Waals surface area (Å²) >= 11 is 5.76. The van der Waals surface area contributed by atoms with Gasteiger partial charge in [0.25, 0.3) is 5.91 Å². The smallest absolute Gasteiger partial charge is 0.329 e. The van der Waals surface area contributed by atoms with Crippen LogP contribution in [0.5, 0.6) is 0 Å². The number of nitrogens with one attached hydrogen (secondary N) is 1. The number of carbonyl (C=O) groups excluding carboxylic acids is 2. The molecule has 0 bridgehead atoms. The van der Waals surface area contributed by atoms with Gasteiger partial charge < -0.3 is 10.1 Å². The molecule has 0 saturated heterocycles. The van der Waals surface area contributed by atoms with Crippen LogP contribution in [-0.4, -0.2) is 24.5 Å². The Bertz CT molecular complexity index is 535. The maximum absolute atomic E-state index is 12.1. The summed E-state index contributed by atoms with van der Waals surface area (Å²) in [5.41, 5.74) is 0.404. The first-order valence-electron chi connectivity index (χ1n) is 6.54. The van der Waals surface area contributed by atoms with Crippen LogP contribution in [-0.2, 0) is 9.53 Å². The molecule has 6 heteroatoms. The minimum atomic E-state index is -0.776. The normalized spacial score (nSPS) is 11.6. The fourth-order valence-electron chi connectivity index (χ4n) is 1.73. The van der Waals surface area contributed by atoms with Crippen LogP contribution in [0.3, 0.4) is 0 Å². The molecule has 0 unspecified atom stereocenters. The molecule has 0 aliphatic carbocycles. The van der Waals surface area contributed by atoms with Crippen molar-refractivity contribution in [1.82, 2.24) is 5.32 Å². The predicted octanol–water partition coefficient (Wildman–Crippen LogP) is 2.55. The van der Waals surface area contributed by atoms with Gasteiger partial charge in [-0.15, -0.1) is 0 Å². The van der Waals surface area contributed by atoms with E-state index in [2.05, 4.69) is 5.32 Å². The second kappa shape index (κ2) is 8.28. The lowest BCUT2D eigenvalue weighted by Crippen LogP contribution is -2.42. The summed E-state index contributed by atoms with van der Waals surface area (Å²) < 4.78 is 4.77. The van der Waals surface area contributed by atoms with E-state index in [1.54, 1.807) is 30.3 Å². The number of carbonyl (C=O) groups is 2. The monoisotopic (exact) mass is 308 g/mol. The number of benzene rings is 1. The number of hydrogen-bond donors (Lipinski definition) is 1. The quantitative estimate of drug-likeness (QED) is 0.819. The summed E-state index contributed by atoms with van der Waals surface area (Å²) in [6.07, 6.45) is 0.434. The standard InChI is InChI=1S/C15H17ClN2O3/c1-10(2)9-13(15(20)21-8-7-17)18-14(19)11-3-5-12(16)6-4-11/h3-6,10,13H,8-9H2,1-2H3,(H,18,19)/t13-/m1/s1. The molecule has 5 nitrogen and oxygen atoms in total. The van der Waals surface area contributed by atoms with Crippen molar-refractivity contribution in [1.29, 1.82) is 5.26 Å². The van der Waals surface area contributed by atoms with Gasteiger partial charge in [0.1, 0.15) is 12.1 Å². The highest BCUT2D eigenvalue weighted by atomic mass is 35.5. The maximum Gasteiger partial charge on any atom is 0.329 e. The van der Waals surface area contributed by atoms with Gasteiger partial charge in [-0.1, -0.05) is 25.4 Å². The predicted molar refractivity (Wildman–Crippen MR) is 78.7 cm³/mol. The van der Waals surface area contributed by atoms with Gasteiger partial charge in [0.2, 0.25) is 0 Å². The van der Waals surface area contributed by atoms with Crippen LogP contribution in [0.4, 0.5) is 0 Å². The van der Waals surface area contributed by atoms with Crippen molar-refractivity contribution in [3.05, 3.63) is 34.9 Å². The van der Waals surface area contributed by atoms with Gasteiger partial charge in [-0.25, -0.2) is 4.79 Å². The molecule has 1 amide bonds. The van der Waals surface area contributed by atoms with Crippen molar-refractivity contribution < 1.29 is 14.3 Å². The number of esters is 1. The Morgan fingerprint density at radius 2 is 1.95 bits per heavy atom. The average molecular weight is 309 g/mol. The molecule has 21 heavy (non-hydrogen) atoms.